The van der Waals surface area contributed by atoms with Gasteiger partial charge in [0.1, 0.15) is 11.5 Å². The van der Waals surface area contributed by atoms with E-state index in [1.165, 1.54) is 6.07 Å². The summed E-state index contributed by atoms with van der Waals surface area (Å²) in [5.74, 6) is -0.698. The number of pyridine rings is 1. The number of aromatic nitrogens is 1. The van der Waals surface area contributed by atoms with E-state index in [-0.39, 0.29) is 30.0 Å². The molecule has 0 aliphatic rings. The smallest absolute Gasteiger partial charge is 0.365 e. The Morgan fingerprint density at radius 1 is 1.00 bits per heavy atom. The molecule has 0 atom stereocenters. The van der Waals surface area contributed by atoms with E-state index in [0.29, 0.717) is 16.8 Å². The fourth-order valence-corrected chi connectivity index (χ4v) is 3.97. The van der Waals surface area contributed by atoms with E-state index in [9.17, 15) is 26.4 Å². The summed E-state index contributed by atoms with van der Waals surface area (Å²) in [4.78, 5) is 16.5. The molecule has 0 bridgehead atoms. The summed E-state index contributed by atoms with van der Waals surface area (Å²) in [5.41, 5.74) is 1.59. The first-order chi connectivity index (χ1) is 16.8. The van der Waals surface area contributed by atoms with Crippen LogP contribution < -0.4 is 15.4 Å². The number of hydrogen-bond acceptors (Lipinski definition) is 5. The minimum atomic E-state index is -4.65. The third-order valence-electron chi connectivity index (χ3n) is 5.13. The lowest BCUT2D eigenvalue weighted by molar-refractivity contribution is -0.141. The number of amides is 1. The molecule has 2 aromatic carbocycles. The molecule has 0 unspecified atom stereocenters. The van der Waals surface area contributed by atoms with Gasteiger partial charge in [0, 0.05) is 24.2 Å². The molecule has 0 fully saturated rings. The lowest BCUT2D eigenvalue weighted by atomic mass is 10.1. The quantitative estimate of drug-likeness (QED) is 0.356. The molecule has 0 radical (unpaired) electrons. The number of carbonyl (C=O) groups is 1. The molecule has 0 saturated carbocycles. The number of nitrogens with one attached hydrogen (secondary N) is 3. The fraction of sp³-hybridized carbons (Fsp3) is 0.200. The van der Waals surface area contributed by atoms with Gasteiger partial charge in [0.2, 0.25) is 10.0 Å². The van der Waals surface area contributed by atoms with Gasteiger partial charge in [-0.2, -0.15) is 13.2 Å². The van der Waals surface area contributed by atoms with E-state index in [2.05, 4.69) is 26.9 Å². The molecular formula is C25H25F3N4O3S. The van der Waals surface area contributed by atoms with Crippen molar-refractivity contribution in [3.63, 3.8) is 0 Å². The standard InChI is InChI=1S/C25H25F3N4O3S/c1-16-13-19(9-11-21(16)32-36(3,34)35)15-30-24(33)17(2)20-10-12-22(25(26,27)28)31-23(20)29-14-18-7-5-4-6-8-18/h4-13,32H,2,14-15H2,1,3H3,(H,29,31)(H,30,33). The lowest BCUT2D eigenvalue weighted by Gasteiger charge is -2.16. The summed E-state index contributed by atoms with van der Waals surface area (Å²) in [5, 5.41) is 5.56. The molecule has 3 rings (SSSR count). The third kappa shape index (κ3) is 7.32. The van der Waals surface area contributed by atoms with E-state index in [0.717, 1.165) is 17.9 Å². The van der Waals surface area contributed by atoms with Crippen molar-refractivity contribution in [1.29, 1.82) is 0 Å². The van der Waals surface area contributed by atoms with E-state index in [4.69, 9.17) is 0 Å². The molecule has 36 heavy (non-hydrogen) atoms. The molecule has 0 saturated heterocycles. The maximum Gasteiger partial charge on any atom is 0.433 e. The van der Waals surface area contributed by atoms with Gasteiger partial charge in [-0.3, -0.25) is 9.52 Å². The molecular weight excluding hydrogens is 493 g/mol. The van der Waals surface area contributed by atoms with Crippen molar-refractivity contribution < 1.29 is 26.4 Å². The Bertz CT molecular complexity index is 1380. The Kier molecular flexibility index (Phi) is 8.03. The predicted molar refractivity (Wildman–Crippen MR) is 134 cm³/mol. The summed E-state index contributed by atoms with van der Waals surface area (Å²) < 4.78 is 65.0. The van der Waals surface area contributed by atoms with Gasteiger partial charge in [0.05, 0.1) is 11.9 Å². The molecule has 11 heteroatoms. The maximum atomic E-state index is 13.3. The Balaban J connectivity index is 1.76. The monoisotopic (exact) mass is 518 g/mol. The average Bonchev–Trinajstić information content (AvgIpc) is 2.81. The normalized spacial score (nSPS) is 11.6. The molecule has 190 valence electrons. The van der Waals surface area contributed by atoms with Crippen LogP contribution in [0.3, 0.4) is 0 Å². The molecule has 0 aliphatic heterocycles. The van der Waals surface area contributed by atoms with Gasteiger partial charge in [-0.05, 0) is 41.8 Å². The van der Waals surface area contributed by atoms with Crippen molar-refractivity contribution in [3.05, 3.63) is 95.2 Å². The van der Waals surface area contributed by atoms with Crippen LogP contribution in [0.25, 0.3) is 5.57 Å². The molecule has 3 N–H and O–H groups in total. The second-order valence-electron chi connectivity index (χ2n) is 8.11. The van der Waals surface area contributed by atoms with Crippen LogP contribution in [0.15, 0.2) is 67.2 Å². The Morgan fingerprint density at radius 2 is 1.69 bits per heavy atom. The number of hydrogen-bond donors (Lipinski definition) is 3. The Hall–Kier alpha value is -3.86. The summed E-state index contributed by atoms with van der Waals surface area (Å²) >= 11 is 0. The summed E-state index contributed by atoms with van der Waals surface area (Å²) in [6.45, 7) is 5.78. The van der Waals surface area contributed by atoms with Gasteiger partial charge >= 0.3 is 6.18 Å². The highest BCUT2D eigenvalue weighted by Crippen LogP contribution is 2.31. The van der Waals surface area contributed by atoms with Crippen LogP contribution in [0.1, 0.15) is 27.9 Å². The van der Waals surface area contributed by atoms with E-state index >= 15 is 0 Å². The van der Waals surface area contributed by atoms with Crippen molar-refractivity contribution in [2.45, 2.75) is 26.2 Å². The zero-order valence-electron chi connectivity index (χ0n) is 19.6. The number of halogens is 3. The molecule has 7 nitrogen and oxygen atoms in total. The zero-order chi connectivity index (χ0) is 26.5. The van der Waals surface area contributed by atoms with Crippen LogP contribution in [0.5, 0.6) is 0 Å². The number of anilines is 2. The van der Waals surface area contributed by atoms with E-state index in [1.54, 1.807) is 49.4 Å². The van der Waals surface area contributed by atoms with Crippen molar-refractivity contribution in [2.75, 3.05) is 16.3 Å². The summed E-state index contributed by atoms with van der Waals surface area (Å²) in [7, 11) is -3.43. The van der Waals surface area contributed by atoms with Crippen LogP contribution in [-0.2, 0) is 34.1 Å². The summed E-state index contributed by atoms with van der Waals surface area (Å²) in [6.07, 6.45) is -3.60. The number of rotatable bonds is 9. The number of carbonyl (C=O) groups excluding carboxylic acids is 1. The molecule has 1 heterocycles. The van der Waals surface area contributed by atoms with Crippen LogP contribution in [-0.4, -0.2) is 25.6 Å². The first-order valence-electron chi connectivity index (χ1n) is 10.7. The second-order valence-corrected chi connectivity index (χ2v) is 9.86. The average molecular weight is 519 g/mol. The minimum absolute atomic E-state index is 0.0566. The largest absolute Gasteiger partial charge is 0.433 e. The highest BCUT2D eigenvalue weighted by atomic mass is 32.2. The highest BCUT2D eigenvalue weighted by molar-refractivity contribution is 7.92. The molecule has 3 aromatic rings. The molecule has 1 aromatic heterocycles. The molecule has 0 aliphatic carbocycles. The van der Waals surface area contributed by atoms with Crippen molar-refractivity contribution in [2.24, 2.45) is 0 Å². The van der Waals surface area contributed by atoms with Crippen LogP contribution in [0.2, 0.25) is 0 Å². The molecule has 0 spiro atoms. The van der Waals surface area contributed by atoms with Gasteiger partial charge in [-0.15, -0.1) is 0 Å². The van der Waals surface area contributed by atoms with Crippen molar-refractivity contribution in [3.8, 4) is 0 Å². The number of nitrogens with zero attached hydrogens (tertiary/aromatic N) is 1. The van der Waals surface area contributed by atoms with E-state index < -0.39 is 27.8 Å². The number of alkyl halides is 3. The van der Waals surface area contributed by atoms with Crippen molar-refractivity contribution in [1.82, 2.24) is 10.3 Å². The maximum absolute atomic E-state index is 13.3. The zero-order valence-corrected chi connectivity index (χ0v) is 20.4. The molecule has 1 amide bonds. The topological polar surface area (TPSA) is 100 Å². The second kappa shape index (κ2) is 10.8. The van der Waals surface area contributed by atoms with Crippen LogP contribution >= 0.6 is 0 Å². The Morgan fingerprint density at radius 3 is 2.31 bits per heavy atom. The van der Waals surface area contributed by atoms with Gasteiger partial charge in [-0.1, -0.05) is 49.0 Å². The van der Waals surface area contributed by atoms with Crippen molar-refractivity contribution >= 4 is 33.0 Å². The third-order valence-corrected chi connectivity index (χ3v) is 5.72. The predicted octanol–water partition coefficient (Wildman–Crippen LogP) is 4.72. The van der Waals surface area contributed by atoms with Gasteiger partial charge in [0.15, 0.2) is 0 Å². The van der Waals surface area contributed by atoms with Gasteiger partial charge < -0.3 is 10.6 Å². The Labute approximate surface area is 207 Å². The highest BCUT2D eigenvalue weighted by Gasteiger charge is 2.33. The fourth-order valence-electron chi connectivity index (χ4n) is 3.34. The summed E-state index contributed by atoms with van der Waals surface area (Å²) in [6, 6.07) is 15.9. The van der Waals surface area contributed by atoms with Gasteiger partial charge in [0.25, 0.3) is 5.91 Å². The van der Waals surface area contributed by atoms with Crippen LogP contribution in [0, 0.1) is 6.92 Å². The first-order valence-corrected chi connectivity index (χ1v) is 12.6. The number of sulfonamides is 1. The minimum Gasteiger partial charge on any atom is -0.365 e. The van der Waals surface area contributed by atoms with Gasteiger partial charge in [-0.25, -0.2) is 13.4 Å². The first kappa shape index (κ1) is 26.7. The SMILES string of the molecule is C=C(C(=O)NCc1ccc(NS(C)(=O)=O)c(C)c1)c1ccc(C(F)(F)F)nc1NCc1ccccc1. The lowest BCUT2D eigenvalue weighted by Crippen LogP contribution is -2.24. The van der Waals surface area contributed by atoms with E-state index in [1.807, 2.05) is 6.07 Å². The number of aryl methyl sites for hydroxylation is 1. The van der Waals surface area contributed by atoms with Crippen LogP contribution in [0.4, 0.5) is 24.7 Å². The number of benzene rings is 2.